The van der Waals surface area contributed by atoms with E-state index < -0.39 is 0 Å². The Bertz CT molecular complexity index is 383. The Hall–Kier alpha value is -1.69. The molecule has 6 heteroatoms. The summed E-state index contributed by atoms with van der Waals surface area (Å²) in [6.45, 7) is 0.790. The molecule has 6 nitrogen and oxygen atoms in total. The summed E-state index contributed by atoms with van der Waals surface area (Å²) in [6.07, 6.45) is 5.98. The van der Waals surface area contributed by atoms with Crippen LogP contribution < -0.4 is 10.9 Å². The Labute approximate surface area is 99.1 Å². The lowest BCUT2D eigenvalue weighted by atomic mass is 10.2. The first kappa shape index (κ1) is 13.4. The Kier molecular flexibility index (Phi) is 5.95. The molecule has 0 spiro atoms. The van der Waals surface area contributed by atoms with Crippen LogP contribution in [-0.2, 0) is 0 Å². The standard InChI is InChI=1S/C11H17N3O3/c15-6-4-2-1-3-5-12-11(17)9-7-14-10(16)8-13-9/h7-8,15H,1-6H2,(H,12,17)(H,14,16). The van der Waals surface area contributed by atoms with Crippen LogP contribution in [0.3, 0.4) is 0 Å². The van der Waals surface area contributed by atoms with Crippen LogP contribution in [0, 0.1) is 0 Å². The molecule has 1 aromatic heterocycles. The van der Waals surface area contributed by atoms with Gasteiger partial charge in [0.2, 0.25) is 0 Å². The third-order valence-corrected chi connectivity index (χ3v) is 2.28. The highest BCUT2D eigenvalue weighted by Crippen LogP contribution is 1.98. The molecule has 1 rings (SSSR count). The van der Waals surface area contributed by atoms with E-state index in [-0.39, 0.29) is 23.8 Å². The van der Waals surface area contributed by atoms with Gasteiger partial charge in [-0.2, -0.15) is 0 Å². The van der Waals surface area contributed by atoms with Gasteiger partial charge in [-0.3, -0.25) is 9.59 Å². The van der Waals surface area contributed by atoms with Crippen molar-refractivity contribution in [1.29, 1.82) is 0 Å². The Balaban J connectivity index is 2.21. The van der Waals surface area contributed by atoms with E-state index in [2.05, 4.69) is 15.3 Å². The number of rotatable bonds is 7. The topological polar surface area (TPSA) is 95.1 Å². The molecule has 0 fully saturated rings. The summed E-state index contributed by atoms with van der Waals surface area (Å²) >= 11 is 0. The van der Waals surface area contributed by atoms with Crippen molar-refractivity contribution in [2.45, 2.75) is 25.7 Å². The number of aromatic amines is 1. The number of aliphatic hydroxyl groups excluding tert-OH is 1. The second-order valence-electron chi connectivity index (χ2n) is 3.69. The lowest BCUT2D eigenvalue weighted by molar-refractivity contribution is 0.0947. The Morgan fingerprint density at radius 1 is 1.35 bits per heavy atom. The van der Waals surface area contributed by atoms with Gasteiger partial charge in [-0.1, -0.05) is 12.8 Å². The van der Waals surface area contributed by atoms with Crippen molar-refractivity contribution in [1.82, 2.24) is 15.3 Å². The molecule has 0 atom stereocenters. The van der Waals surface area contributed by atoms with Crippen molar-refractivity contribution in [2.75, 3.05) is 13.2 Å². The molecule has 0 saturated heterocycles. The van der Waals surface area contributed by atoms with E-state index in [4.69, 9.17) is 5.11 Å². The van der Waals surface area contributed by atoms with Crippen LogP contribution >= 0.6 is 0 Å². The van der Waals surface area contributed by atoms with Gasteiger partial charge in [-0.25, -0.2) is 4.98 Å². The molecular weight excluding hydrogens is 222 g/mol. The van der Waals surface area contributed by atoms with Crippen molar-refractivity contribution < 1.29 is 9.90 Å². The zero-order valence-electron chi connectivity index (χ0n) is 9.61. The summed E-state index contributed by atoms with van der Waals surface area (Å²) in [5.41, 5.74) is -0.120. The van der Waals surface area contributed by atoms with E-state index in [9.17, 15) is 9.59 Å². The van der Waals surface area contributed by atoms with Crippen molar-refractivity contribution in [3.63, 3.8) is 0 Å². The lowest BCUT2D eigenvalue weighted by Gasteiger charge is -2.03. The fraction of sp³-hybridized carbons (Fsp3) is 0.545. The summed E-state index contributed by atoms with van der Waals surface area (Å²) in [7, 11) is 0. The second kappa shape index (κ2) is 7.56. The molecule has 0 aromatic carbocycles. The van der Waals surface area contributed by atoms with Crippen LogP contribution in [0.15, 0.2) is 17.2 Å². The minimum absolute atomic E-state index is 0.208. The minimum atomic E-state index is -0.328. The van der Waals surface area contributed by atoms with E-state index in [0.717, 1.165) is 31.9 Å². The van der Waals surface area contributed by atoms with Crippen LogP contribution in [0.5, 0.6) is 0 Å². The summed E-state index contributed by atoms with van der Waals surface area (Å²) in [6, 6.07) is 0. The largest absolute Gasteiger partial charge is 0.396 e. The van der Waals surface area contributed by atoms with E-state index in [1.165, 1.54) is 6.20 Å². The number of carbonyl (C=O) groups is 1. The van der Waals surface area contributed by atoms with Gasteiger partial charge in [0.25, 0.3) is 11.5 Å². The summed E-state index contributed by atoms with van der Waals surface area (Å²) in [5.74, 6) is -0.289. The minimum Gasteiger partial charge on any atom is -0.396 e. The molecule has 0 aliphatic heterocycles. The first-order chi connectivity index (χ1) is 8.24. The average Bonchev–Trinajstić information content (AvgIpc) is 2.34. The van der Waals surface area contributed by atoms with Gasteiger partial charge in [0.15, 0.2) is 0 Å². The first-order valence-corrected chi connectivity index (χ1v) is 5.68. The van der Waals surface area contributed by atoms with Gasteiger partial charge in [0, 0.05) is 19.3 Å². The molecule has 0 bridgehead atoms. The smallest absolute Gasteiger partial charge is 0.271 e. The highest BCUT2D eigenvalue weighted by Gasteiger charge is 2.05. The van der Waals surface area contributed by atoms with E-state index >= 15 is 0 Å². The fourth-order valence-electron chi connectivity index (χ4n) is 1.35. The molecule has 17 heavy (non-hydrogen) atoms. The third-order valence-electron chi connectivity index (χ3n) is 2.28. The monoisotopic (exact) mass is 239 g/mol. The predicted octanol–water partition coefficient (Wildman–Crippen LogP) is 0.0524. The van der Waals surface area contributed by atoms with Gasteiger partial charge in [0.05, 0.1) is 6.20 Å². The van der Waals surface area contributed by atoms with Gasteiger partial charge in [-0.05, 0) is 12.8 Å². The highest BCUT2D eigenvalue weighted by molar-refractivity contribution is 5.91. The summed E-state index contributed by atoms with van der Waals surface area (Å²) < 4.78 is 0. The third kappa shape index (κ3) is 5.26. The zero-order chi connectivity index (χ0) is 12.5. The number of nitrogens with zero attached hydrogens (tertiary/aromatic N) is 1. The van der Waals surface area contributed by atoms with Gasteiger partial charge < -0.3 is 15.4 Å². The average molecular weight is 239 g/mol. The van der Waals surface area contributed by atoms with Crippen LogP contribution in [0.4, 0.5) is 0 Å². The number of amides is 1. The number of hydrogen-bond acceptors (Lipinski definition) is 4. The van der Waals surface area contributed by atoms with Gasteiger partial charge >= 0.3 is 0 Å². The summed E-state index contributed by atoms with van der Waals surface area (Å²) in [4.78, 5) is 28.4. The number of unbranched alkanes of at least 4 members (excludes halogenated alkanes) is 3. The maximum atomic E-state index is 11.5. The van der Waals surface area contributed by atoms with Crippen LogP contribution in [0.2, 0.25) is 0 Å². The first-order valence-electron chi connectivity index (χ1n) is 5.68. The predicted molar refractivity (Wildman–Crippen MR) is 62.7 cm³/mol. The summed E-state index contributed by atoms with van der Waals surface area (Å²) in [5, 5.41) is 11.3. The number of carbonyl (C=O) groups excluding carboxylic acids is 1. The van der Waals surface area contributed by atoms with Crippen LogP contribution in [-0.4, -0.2) is 34.1 Å². The number of aromatic nitrogens is 2. The molecule has 94 valence electrons. The molecule has 3 N–H and O–H groups in total. The lowest BCUT2D eigenvalue weighted by Crippen LogP contribution is -2.26. The Morgan fingerprint density at radius 2 is 2.12 bits per heavy atom. The maximum absolute atomic E-state index is 11.5. The van der Waals surface area contributed by atoms with E-state index in [0.29, 0.717) is 6.54 Å². The van der Waals surface area contributed by atoms with Crippen molar-refractivity contribution in [3.8, 4) is 0 Å². The van der Waals surface area contributed by atoms with Gasteiger partial charge in [0.1, 0.15) is 5.69 Å². The van der Waals surface area contributed by atoms with Crippen molar-refractivity contribution >= 4 is 5.91 Å². The SMILES string of the molecule is O=C(NCCCCCCO)c1c[nH]c(=O)cn1. The quantitative estimate of drug-likeness (QED) is 0.586. The fourth-order valence-corrected chi connectivity index (χ4v) is 1.35. The molecule has 1 aromatic rings. The molecular formula is C11H17N3O3. The van der Waals surface area contributed by atoms with E-state index in [1.54, 1.807) is 0 Å². The molecule has 1 amide bonds. The molecule has 0 unspecified atom stereocenters. The second-order valence-corrected chi connectivity index (χ2v) is 3.69. The van der Waals surface area contributed by atoms with Gasteiger partial charge in [-0.15, -0.1) is 0 Å². The molecule has 0 aliphatic carbocycles. The molecule has 0 saturated carbocycles. The zero-order valence-corrected chi connectivity index (χ0v) is 9.61. The number of aliphatic hydroxyl groups is 1. The molecule has 0 aliphatic rings. The van der Waals surface area contributed by atoms with E-state index in [1.807, 2.05) is 0 Å². The van der Waals surface area contributed by atoms with Crippen molar-refractivity contribution in [2.24, 2.45) is 0 Å². The number of H-pyrrole nitrogens is 1. The molecule has 0 radical (unpaired) electrons. The number of nitrogens with one attached hydrogen (secondary N) is 2. The highest BCUT2D eigenvalue weighted by atomic mass is 16.2. The van der Waals surface area contributed by atoms with Crippen molar-refractivity contribution in [3.05, 3.63) is 28.4 Å². The Morgan fingerprint density at radius 3 is 2.76 bits per heavy atom. The van der Waals surface area contributed by atoms with Crippen LogP contribution in [0.1, 0.15) is 36.2 Å². The molecule has 1 heterocycles. The number of hydrogen-bond donors (Lipinski definition) is 3. The normalized spacial score (nSPS) is 10.2. The van der Waals surface area contributed by atoms with Crippen LogP contribution in [0.25, 0.3) is 0 Å². The maximum Gasteiger partial charge on any atom is 0.271 e.